The summed E-state index contributed by atoms with van der Waals surface area (Å²) in [5.74, 6) is 7.88. The number of hydrogen-bond acceptors (Lipinski definition) is 3. The van der Waals surface area contributed by atoms with E-state index in [2.05, 4.69) is 22.7 Å². The second kappa shape index (κ2) is 10.9. The molecular weight excluding hydrogens is 252 g/mol. The van der Waals surface area contributed by atoms with Crippen molar-refractivity contribution in [3.05, 3.63) is 0 Å². The first-order valence-corrected chi connectivity index (χ1v) is 8.12. The Kier molecular flexibility index (Phi) is 9.41. The highest BCUT2D eigenvalue weighted by atomic mass is 16.5. The molecule has 1 saturated carbocycles. The van der Waals surface area contributed by atoms with E-state index in [1.807, 2.05) is 6.92 Å². The molecule has 0 unspecified atom stereocenters. The molecule has 0 aromatic heterocycles. The average molecular weight is 284 g/mol. The third kappa shape index (κ3) is 7.10. The maximum Gasteiger partial charge on any atom is 0.205 e. The van der Waals surface area contributed by atoms with Crippen LogP contribution in [0.2, 0.25) is 0 Å². The number of nitrogens with zero attached hydrogens (tertiary/aromatic N) is 1. The van der Waals surface area contributed by atoms with Crippen LogP contribution in [0.25, 0.3) is 0 Å². The molecule has 0 atom stereocenters. The summed E-state index contributed by atoms with van der Waals surface area (Å²) < 4.78 is 5.29. The fourth-order valence-corrected chi connectivity index (χ4v) is 2.72. The highest BCUT2D eigenvalue weighted by molar-refractivity contribution is 5.79. The van der Waals surface area contributed by atoms with Gasteiger partial charge in [-0.2, -0.15) is 0 Å². The van der Waals surface area contributed by atoms with Gasteiger partial charge in [-0.05, 0) is 38.0 Å². The van der Waals surface area contributed by atoms with Crippen molar-refractivity contribution < 1.29 is 4.74 Å². The van der Waals surface area contributed by atoms with Crippen molar-refractivity contribution in [1.29, 1.82) is 0 Å². The molecule has 5 nitrogen and oxygen atoms in total. The lowest BCUT2D eigenvalue weighted by molar-refractivity contribution is 0.145. The van der Waals surface area contributed by atoms with Gasteiger partial charge in [-0.15, -0.1) is 0 Å². The first-order valence-electron chi connectivity index (χ1n) is 8.12. The van der Waals surface area contributed by atoms with Crippen molar-refractivity contribution >= 4 is 5.96 Å². The van der Waals surface area contributed by atoms with Gasteiger partial charge in [0.25, 0.3) is 0 Å². The maximum atomic E-state index is 5.50. The molecule has 1 fully saturated rings. The molecule has 0 heterocycles. The molecule has 0 bridgehead atoms. The molecule has 20 heavy (non-hydrogen) atoms. The van der Waals surface area contributed by atoms with Crippen LogP contribution in [0.15, 0.2) is 4.99 Å². The SMILES string of the molecule is CCOCCCNC(=NCC1CCC(CC)CC1)NN. The Hall–Kier alpha value is -0.810. The van der Waals surface area contributed by atoms with Crippen LogP contribution in [0, 0.1) is 11.8 Å². The smallest absolute Gasteiger partial charge is 0.205 e. The summed E-state index contributed by atoms with van der Waals surface area (Å²) >= 11 is 0. The summed E-state index contributed by atoms with van der Waals surface area (Å²) in [7, 11) is 0. The van der Waals surface area contributed by atoms with E-state index in [-0.39, 0.29) is 0 Å². The lowest BCUT2D eigenvalue weighted by Gasteiger charge is -2.26. The van der Waals surface area contributed by atoms with Gasteiger partial charge < -0.3 is 10.1 Å². The standard InChI is InChI=1S/C15H32N4O/c1-3-13-6-8-14(9-7-13)12-18-15(19-16)17-10-5-11-20-4-2/h13-14H,3-12,16H2,1-2H3,(H2,17,18,19). The minimum atomic E-state index is 0.708. The average Bonchev–Trinajstić information content (AvgIpc) is 2.50. The molecule has 1 aliphatic carbocycles. The summed E-state index contributed by atoms with van der Waals surface area (Å²) in [6.45, 7) is 7.58. The van der Waals surface area contributed by atoms with Crippen LogP contribution in [-0.4, -0.2) is 32.3 Å². The maximum absolute atomic E-state index is 5.50. The lowest BCUT2D eigenvalue weighted by atomic mass is 9.81. The molecule has 4 N–H and O–H groups in total. The molecule has 1 aliphatic rings. The number of aliphatic imine (C=N–C) groups is 1. The molecule has 0 saturated heterocycles. The van der Waals surface area contributed by atoms with Gasteiger partial charge in [0.15, 0.2) is 0 Å². The molecule has 5 heteroatoms. The van der Waals surface area contributed by atoms with Gasteiger partial charge in [0.2, 0.25) is 5.96 Å². The number of guanidine groups is 1. The normalized spacial score (nSPS) is 23.6. The second-order valence-corrected chi connectivity index (χ2v) is 5.61. The Balaban J connectivity index is 2.17. The second-order valence-electron chi connectivity index (χ2n) is 5.61. The van der Waals surface area contributed by atoms with Crippen LogP contribution >= 0.6 is 0 Å². The van der Waals surface area contributed by atoms with Gasteiger partial charge in [-0.3, -0.25) is 10.4 Å². The van der Waals surface area contributed by atoms with Gasteiger partial charge in [-0.25, -0.2) is 5.84 Å². The zero-order valence-corrected chi connectivity index (χ0v) is 13.2. The van der Waals surface area contributed by atoms with E-state index in [4.69, 9.17) is 10.6 Å². The van der Waals surface area contributed by atoms with Gasteiger partial charge in [0.05, 0.1) is 0 Å². The third-order valence-corrected chi connectivity index (χ3v) is 4.15. The number of nitrogens with two attached hydrogens (primary N) is 1. The van der Waals surface area contributed by atoms with Crippen LogP contribution in [0.5, 0.6) is 0 Å². The van der Waals surface area contributed by atoms with E-state index in [9.17, 15) is 0 Å². The summed E-state index contributed by atoms with van der Waals surface area (Å²) in [5, 5.41) is 3.22. The minimum absolute atomic E-state index is 0.708. The molecule has 0 spiro atoms. The third-order valence-electron chi connectivity index (χ3n) is 4.15. The Morgan fingerprint density at radius 2 is 1.90 bits per heavy atom. The predicted molar refractivity (Wildman–Crippen MR) is 84.5 cm³/mol. The van der Waals surface area contributed by atoms with Crippen molar-refractivity contribution in [2.45, 2.75) is 52.4 Å². The van der Waals surface area contributed by atoms with E-state index in [1.165, 1.54) is 32.1 Å². The Morgan fingerprint density at radius 1 is 1.20 bits per heavy atom. The van der Waals surface area contributed by atoms with Crippen LogP contribution in [0.3, 0.4) is 0 Å². The van der Waals surface area contributed by atoms with E-state index in [1.54, 1.807) is 0 Å². The predicted octanol–water partition coefficient (Wildman–Crippen LogP) is 2.04. The topological polar surface area (TPSA) is 71.7 Å². The quantitative estimate of drug-likeness (QED) is 0.210. The van der Waals surface area contributed by atoms with E-state index in [0.717, 1.165) is 44.6 Å². The minimum Gasteiger partial charge on any atom is -0.382 e. The van der Waals surface area contributed by atoms with Crippen LogP contribution in [0.1, 0.15) is 52.4 Å². The van der Waals surface area contributed by atoms with E-state index < -0.39 is 0 Å². The van der Waals surface area contributed by atoms with E-state index in [0.29, 0.717) is 5.96 Å². The number of rotatable bonds is 8. The fourth-order valence-electron chi connectivity index (χ4n) is 2.72. The zero-order chi connectivity index (χ0) is 14.6. The van der Waals surface area contributed by atoms with Crippen molar-refractivity contribution in [1.82, 2.24) is 10.7 Å². The monoisotopic (exact) mass is 284 g/mol. The molecule has 0 amide bonds. The number of hydrazine groups is 1. The highest BCUT2D eigenvalue weighted by Gasteiger charge is 2.19. The van der Waals surface area contributed by atoms with Crippen molar-refractivity contribution in [3.8, 4) is 0 Å². The fraction of sp³-hybridized carbons (Fsp3) is 0.933. The van der Waals surface area contributed by atoms with Crippen molar-refractivity contribution in [2.75, 3.05) is 26.3 Å². The molecule has 118 valence electrons. The number of nitrogens with one attached hydrogen (secondary N) is 2. The van der Waals surface area contributed by atoms with Gasteiger partial charge in [0, 0.05) is 26.3 Å². The lowest BCUT2D eigenvalue weighted by Crippen LogP contribution is -2.42. The molecule has 0 aliphatic heterocycles. The van der Waals surface area contributed by atoms with Crippen molar-refractivity contribution in [2.24, 2.45) is 22.7 Å². The first kappa shape index (κ1) is 17.2. The summed E-state index contributed by atoms with van der Waals surface area (Å²) in [6.07, 6.45) is 7.64. The number of hydrogen-bond donors (Lipinski definition) is 3. The summed E-state index contributed by atoms with van der Waals surface area (Å²) in [5.41, 5.74) is 2.65. The largest absolute Gasteiger partial charge is 0.382 e. The van der Waals surface area contributed by atoms with Crippen LogP contribution < -0.4 is 16.6 Å². The Morgan fingerprint density at radius 3 is 2.50 bits per heavy atom. The molecule has 0 aromatic rings. The van der Waals surface area contributed by atoms with Crippen LogP contribution in [-0.2, 0) is 4.74 Å². The van der Waals surface area contributed by atoms with Crippen molar-refractivity contribution in [3.63, 3.8) is 0 Å². The molecule has 0 aromatic carbocycles. The van der Waals surface area contributed by atoms with Gasteiger partial charge in [-0.1, -0.05) is 26.2 Å². The molecular formula is C15H32N4O. The highest BCUT2D eigenvalue weighted by Crippen LogP contribution is 2.30. The van der Waals surface area contributed by atoms with E-state index >= 15 is 0 Å². The van der Waals surface area contributed by atoms with Crippen LogP contribution in [0.4, 0.5) is 0 Å². The number of ether oxygens (including phenoxy) is 1. The molecule has 0 radical (unpaired) electrons. The van der Waals surface area contributed by atoms with Gasteiger partial charge in [0.1, 0.15) is 0 Å². The zero-order valence-electron chi connectivity index (χ0n) is 13.2. The van der Waals surface area contributed by atoms with Gasteiger partial charge >= 0.3 is 0 Å². The Labute approximate surface area is 123 Å². The Bertz CT molecular complexity index is 263. The summed E-state index contributed by atoms with van der Waals surface area (Å²) in [6, 6.07) is 0. The molecule has 1 rings (SSSR count). The summed E-state index contributed by atoms with van der Waals surface area (Å²) in [4.78, 5) is 4.56. The first-order chi connectivity index (χ1) is 9.80.